The maximum atomic E-state index is 14.3. The van der Waals surface area contributed by atoms with E-state index in [-0.39, 0.29) is 28.9 Å². The second kappa shape index (κ2) is 15.0. The number of hydrogen-bond acceptors (Lipinski definition) is 6. The van der Waals surface area contributed by atoms with Crippen molar-refractivity contribution in [1.29, 1.82) is 0 Å². The lowest BCUT2D eigenvalue weighted by atomic mass is 10.1. The van der Waals surface area contributed by atoms with Gasteiger partial charge in [0.05, 0.1) is 24.8 Å². The van der Waals surface area contributed by atoms with Gasteiger partial charge in [-0.25, -0.2) is 8.42 Å². The van der Waals surface area contributed by atoms with E-state index in [2.05, 4.69) is 5.32 Å². The Hall–Kier alpha value is -3.47. The largest absolute Gasteiger partial charge is 0.493 e. The third kappa shape index (κ3) is 8.16. The van der Waals surface area contributed by atoms with E-state index in [0.29, 0.717) is 27.8 Å². The van der Waals surface area contributed by atoms with Crippen LogP contribution in [0.2, 0.25) is 10.0 Å². The average molecular weight is 665 g/mol. The van der Waals surface area contributed by atoms with Crippen molar-refractivity contribution in [3.8, 4) is 11.5 Å². The Labute approximate surface area is 270 Å². The Balaban J connectivity index is 2.14. The van der Waals surface area contributed by atoms with Crippen molar-refractivity contribution in [3.63, 3.8) is 0 Å². The van der Waals surface area contributed by atoms with Crippen molar-refractivity contribution in [3.05, 3.63) is 81.3 Å². The summed E-state index contributed by atoms with van der Waals surface area (Å²) in [6, 6.07) is 13.3. The van der Waals surface area contributed by atoms with Gasteiger partial charge in [0, 0.05) is 34.3 Å². The van der Waals surface area contributed by atoms with Crippen molar-refractivity contribution >= 4 is 50.7 Å². The van der Waals surface area contributed by atoms with E-state index >= 15 is 0 Å². The molecule has 0 radical (unpaired) electrons. The first-order valence-electron chi connectivity index (χ1n) is 14.1. The number of halogens is 2. The molecular formula is C32H39Cl2N3O6S. The van der Waals surface area contributed by atoms with Crippen LogP contribution in [-0.4, -0.2) is 58.0 Å². The van der Waals surface area contributed by atoms with Gasteiger partial charge in [-0.15, -0.1) is 0 Å². The quantitative estimate of drug-likeness (QED) is 0.235. The minimum absolute atomic E-state index is 0.106. The van der Waals surface area contributed by atoms with Crippen LogP contribution in [0.1, 0.15) is 43.9 Å². The molecule has 3 rings (SSSR count). The van der Waals surface area contributed by atoms with Gasteiger partial charge >= 0.3 is 0 Å². The first-order valence-corrected chi connectivity index (χ1v) is 16.3. The number of nitrogens with one attached hydrogen (secondary N) is 1. The predicted octanol–water partition coefficient (Wildman–Crippen LogP) is 6.15. The van der Waals surface area contributed by atoms with Crippen molar-refractivity contribution < 1.29 is 27.5 Å². The summed E-state index contributed by atoms with van der Waals surface area (Å²) in [6.45, 7) is 8.33. The number of anilines is 1. The second-order valence-electron chi connectivity index (χ2n) is 10.6. The molecule has 0 spiro atoms. The summed E-state index contributed by atoms with van der Waals surface area (Å²) in [4.78, 5) is 28.7. The molecule has 2 atom stereocenters. The number of hydrogen-bond donors (Lipinski definition) is 1. The molecule has 0 bridgehead atoms. The number of nitrogens with zero attached hydrogens (tertiary/aromatic N) is 2. The fourth-order valence-corrected chi connectivity index (χ4v) is 6.56. The molecular weight excluding hydrogens is 625 g/mol. The number of methoxy groups -OCH3 is 2. The van der Waals surface area contributed by atoms with Gasteiger partial charge < -0.3 is 19.7 Å². The number of amides is 2. The maximum absolute atomic E-state index is 14.3. The summed E-state index contributed by atoms with van der Waals surface area (Å²) in [7, 11) is -1.48. The van der Waals surface area contributed by atoms with E-state index in [1.807, 2.05) is 33.8 Å². The zero-order valence-corrected chi connectivity index (χ0v) is 28.3. The number of benzene rings is 3. The van der Waals surface area contributed by atoms with Crippen LogP contribution in [0.5, 0.6) is 11.5 Å². The molecule has 2 amide bonds. The summed E-state index contributed by atoms with van der Waals surface area (Å²) < 4.78 is 40.2. The van der Waals surface area contributed by atoms with Crippen LogP contribution >= 0.6 is 23.2 Å². The highest BCUT2D eigenvalue weighted by Gasteiger charge is 2.34. The molecule has 0 saturated heterocycles. The molecule has 0 fully saturated rings. The summed E-state index contributed by atoms with van der Waals surface area (Å²) in [5.74, 6) is -0.456. The number of ether oxygens (including phenoxy) is 2. The second-order valence-corrected chi connectivity index (χ2v) is 13.3. The van der Waals surface area contributed by atoms with Crippen LogP contribution in [-0.2, 0) is 26.2 Å². The van der Waals surface area contributed by atoms with Crippen molar-refractivity contribution in [2.24, 2.45) is 0 Å². The lowest BCUT2D eigenvalue weighted by Crippen LogP contribution is -2.52. The number of carbonyl (C=O) groups is 2. The van der Waals surface area contributed by atoms with Gasteiger partial charge in [0.25, 0.3) is 10.0 Å². The Morgan fingerprint density at radius 2 is 1.50 bits per heavy atom. The van der Waals surface area contributed by atoms with E-state index in [0.717, 1.165) is 15.4 Å². The smallest absolute Gasteiger partial charge is 0.264 e. The van der Waals surface area contributed by atoms with E-state index < -0.39 is 34.4 Å². The molecule has 2 unspecified atom stereocenters. The highest BCUT2D eigenvalue weighted by Crippen LogP contribution is 2.33. The number of sulfonamides is 1. The summed E-state index contributed by atoms with van der Waals surface area (Å²) in [6.07, 6.45) is 0.687. The zero-order valence-electron chi connectivity index (χ0n) is 26.0. The van der Waals surface area contributed by atoms with Gasteiger partial charge in [-0.3, -0.25) is 13.9 Å². The van der Waals surface area contributed by atoms with Gasteiger partial charge in [0.2, 0.25) is 11.8 Å². The molecule has 1 N–H and O–H groups in total. The lowest BCUT2D eigenvalue weighted by molar-refractivity contribution is -0.139. The highest BCUT2D eigenvalue weighted by atomic mass is 35.5. The first kappa shape index (κ1) is 35.0. The Bertz CT molecular complexity index is 1570. The SMILES string of the molecule is CCC(C)NC(=O)C(C)N(Cc1c(Cl)cccc1Cl)C(=O)CN(c1cc(C)cc(C)c1)S(=O)(=O)c1ccc(OC)c(OC)c1. The molecule has 9 nitrogen and oxygen atoms in total. The van der Waals surface area contributed by atoms with Gasteiger partial charge in [-0.05, 0) is 81.6 Å². The predicted molar refractivity (Wildman–Crippen MR) is 174 cm³/mol. The molecule has 44 heavy (non-hydrogen) atoms. The van der Waals surface area contributed by atoms with E-state index in [1.54, 1.807) is 37.3 Å². The standard InChI is InChI=1S/C32H39Cl2N3O6S/c1-8-22(4)35-32(39)23(5)36(18-26-27(33)10-9-11-28(26)34)31(38)19-37(24-15-20(2)14-21(3)16-24)44(40,41)25-12-13-29(42-6)30(17-25)43-7/h9-17,22-23H,8,18-19H2,1-7H3,(H,35,39). The molecule has 3 aromatic rings. The molecule has 0 saturated carbocycles. The van der Waals surface area contributed by atoms with Crippen LogP contribution in [0.4, 0.5) is 5.69 Å². The van der Waals surface area contributed by atoms with E-state index in [4.69, 9.17) is 32.7 Å². The molecule has 0 heterocycles. The summed E-state index contributed by atoms with van der Waals surface area (Å²) in [5, 5.41) is 3.53. The van der Waals surface area contributed by atoms with Gasteiger partial charge in [0.15, 0.2) is 11.5 Å². The highest BCUT2D eigenvalue weighted by molar-refractivity contribution is 7.92. The molecule has 12 heteroatoms. The monoisotopic (exact) mass is 663 g/mol. The maximum Gasteiger partial charge on any atom is 0.264 e. The van der Waals surface area contributed by atoms with Crippen molar-refractivity contribution in [1.82, 2.24) is 10.2 Å². The summed E-state index contributed by atoms with van der Waals surface area (Å²) in [5.41, 5.74) is 2.34. The number of aryl methyl sites for hydroxylation is 2. The third-order valence-electron chi connectivity index (χ3n) is 7.27. The lowest BCUT2D eigenvalue weighted by Gasteiger charge is -2.33. The van der Waals surface area contributed by atoms with Crippen LogP contribution in [0.15, 0.2) is 59.5 Å². The Morgan fingerprint density at radius 1 is 0.909 bits per heavy atom. The molecule has 0 aliphatic heterocycles. The zero-order chi connectivity index (χ0) is 32.8. The molecule has 0 aliphatic carbocycles. The van der Waals surface area contributed by atoms with Gasteiger partial charge in [-0.1, -0.05) is 42.3 Å². The van der Waals surface area contributed by atoms with Crippen LogP contribution in [0.25, 0.3) is 0 Å². The van der Waals surface area contributed by atoms with Gasteiger partial charge in [-0.2, -0.15) is 0 Å². The van der Waals surface area contributed by atoms with Crippen LogP contribution in [0, 0.1) is 13.8 Å². The molecule has 0 aromatic heterocycles. The van der Waals surface area contributed by atoms with Crippen LogP contribution in [0.3, 0.4) is 0 Å². The number of rotatable bonds is 13. The summed E-state index contributed by atoms with van der Waals surface area (Å²) >= 11 is 12.9. The van der Waals surface area contributed by atoms with Gasteiger partial charge in [0.1, 0.15) is 12.6 Å². The fraction of sp³-hybridized carbons (Fsp3) is 0.375. The third-order valence-corrected chi connectivity index (χ3v) is 9.75. The van der Waals surface area contributed by atoms with Crippen LogP contribution < -0.4 is 19.1 Å². The Kier molecular flexibility index (Phi) is 11.9. The fourth-order valence-electron chi connectivity index (χ4n) is 4.63. The first-order chi connectivity index (χ1) is 20.7. The molecule has 0 aliphatic rings. The van der Waals surface area contributed by atoms with E-state index in [9.17, 15) is 18.0 Å². The topological polar surface area (TPSA) is 105 Å². The molecule has 3 aromatic carbocycles. The normalized spacial score (nSPS) is 12.7. The number of carbonyl (C=O) groups excluding carboxylic acids is 2. The molecule has 238 valence electrons. The van der Waals surface area contributed by atoms with Crippen molar-refractivity contribution in [2.45, 2.75) is 64.6 Å². The minimum atomic E-state index is -4.33. The Morgan fingerprint density at radius 3 is 2.05 bits per heavy atom. The van der Waals surface area contributed by atoms with Crippen molar-refractivity contribution in [2.75, 3.05) is 25.1 Å². The average Bonchev–Trinajstić information content (AvgIpc) is 2.98. The van der Waals surface area contributed by atoms with E-state index in [1.165, 1.54) is 37.3 Å². The minimum Gasteiger partial charge on any atom is -0.493 e.